The van der Waals surface area contributed by atoms with Gasteiger partial charge in [0.05, 0.1) is 0 Å². The van der Waals surface area contributed by atoms with Crippen LogP contribution in [0.15, 0.2) is 0 Å². The molecule has 2 heteroatoms. The van der Waals surface area contributed by atoms with E-state index in [-0.39, 0.29) is 0 Å². The Labute approximate surface area is 75.3 Å². The second-order valence-corrected chi connectivity index (χ2v) is 4.45. The predicted octanol–water partition coefficient (Wildman–Crippen LogP) is 1.08. The Morgan fingerprint density at radius 1 is 1.33 bits per heavy atom. The third-order valence-corrected chi connectivity index (χ3v) is 2.80. The van der Waals surface area contributed by atoms with Crippen LogP contribution < -0.4 is 5.32 Å². The Hall–Kier alpha value is -0.0800. The van der Waals surface area contributed by atoms with Crippen molar-refractivity contribution in [3.05, 3.63) is 0 Å². The maximum atomic E-state index is 3.54. The third-order valence-electron chi connectivity index (χ3n) is 2.80. The van der Waals surface area contributed by atoms with Gasteiger partial charge in [-0.05, 0) is 38.3 Å². The van der Waals surface area contributed by atoms with E-state index in [1.54, 1.807) is 0 Å². The first kappa shape index (κ1) is 8.52. The summed E-state index contributed by atoms with van der Waals surface area (Å²) in [4.78, 5) is 2.55. The molecule has 1 saturated heterocycles. The average molecular weight is 168 g/mol. The largest absolute Gasteiger partial charge is 0.314 e. The van der Waals surface area contributed by atoms with Gasteiger partial charge in [0.25, 0.3) is 0 Å². The van der Waals surface area contributed by atoms with Crippen LogP contribution in [0.1, 0.15) is 26.2 Å². The first-order valence-electron chi connectivity index (χ1n) is 5.30. The zero-order valence-electron chi connectivity index (χ0n) is 8.05. The van der Waals surface area contributed by atoms with Crippen molar-refractivity contribution in [2.75, 3.05) is 26.2 Å². The van der Waals surface area contributed by atoms with Gasteiger partial charge in [0.2, 0.25) is 0 Å². The summed E-state index contributed by atoms with van der Waals surface area (Å²) < 4.78 is 0. The van der Waals surface area contributed by atoms with Crippen molar-refractivity contribution in [2.24, 2.45) is 5.92 Å². The highest BCUT2D eigenvalue weighted by molar-refractivity contribution is 4.81. The summed E-state index contributed by atoms with van der Waals surface area (Å²) in [5, 5.41) is 3.54. The Bertz CT molecular complexity index is 137. The Kier molecular flexibility index (Phi) is 2.66. The van der Waals surface area contributed by atoms with E-state index in [2.05, 4.69) is 17.1 Å². The number of rotatable bonds is 5. The second kappa shape index (κ2) is 3.75. The van der Waals surface area contributed by atoms with E-state index < -0.39 is 0 Å². The van der Waals surface area contributed by atoms with Crippen molar-refractivity contribution in [2.45, 2.75) is 32.2 Å². The van der Waals surface area contributed by atoms with E-state index in [1.165, 1.54) is 45.4 Å². The van der Waals surface area contributed by atoms with Gasteiger partial charge in [-0.25, -0.2) is 0 Å². The number of nitrogens with zero attached hydrogens (tertiary/aromatic N) is 1. The fraction of sp³-hybridized carbons (Fsp3) is 1.00. The Morgan fingerprint density at radius 2 is 2.08 bits per heavy atom. The molecule has 0 bridgehead atoms. The third kappa shape index (κ3) is 2.46. The fourth-order valence-electron chi connectivity index (χ4n) is 1.91. The molecule has 12 heavy (non-hydrogen) atoms. The normalized spacial score (nSPS) is 25.8. The molecule has 2 aliphatic rings. The summed E-state index contributed by atoms with van der Waals surface area (Å²) in [5.41, 5.74) is 0. The fourth-order valence-corrected chi connectivity index (χ4v) is 1.91. The van der Waals surface area contributed by atoms with Crippen LogP contribution in [0, 0.1) is 5.92 Å². The van der Waals surface area contributed by atoms with Gasteiger partial charge in [-0.1, -0.05) is 6.92 Å². The molecule has 0 aromatic rings. The van der Waals surface area contributed by atoms with Gasteiger partial charge in [0.1, 0.15) is 0 Å². The topological polar surface area (TPSA) is 15.3 Å². The van der Waals surface area contributed by atoms with Crippen molar-refractivity contribution < 1.29 is 0 Å². The molecule has 2 nitrogen and oxygen atoms in total. The molecule has 2 fully saturated rings. The van der Waals surface area contributed by atoms with Crippen molar-refractivity contribution in [3.63, 3.8) is 0 Å². The first-order valence-corrected chi connectivity index (χ1v) is 5.30. The zero-order chi connectivity index (χ0) is 8.39. The summed E-state index contributed by atoms with van der Waals surface area (Å²) in [7, 11) is 0. The number of likely N-dealkylation sites (tertiary alicyclic amines) is 1. The van der Waals surface area contributed by atoms with Crippen LogP contribution >= 0.6 is 0 Å². The molecule has 1 aliphatic carbocycles. The highest BCUT2D eigenvalue weighted by Gasteiger charge is 2.22. The monoisotopic (exact) mass is 168 g/mol. The van der Waals surface area contributed by atoms with Crippen LogP contribution in [-0.2, 0) is 0 Å². The molecule has 1 saturated carbocycles. The zero-order valence-corrected chi connectivity index (χ0v) is 8.05. The second-order valence-electron chi connectivity index (χ2n) is 4.45. The number of hydrogen-bond donors (Lipinski definition) is 1. The van der Waals surface area contributed by atoms with Gasteiger partial charge in [0, 0.05) is 19.1 Å². The van der Waals surface area contributed by atoms with Crippen molar-refractivity contribution in [1.29, 1.82) is 0 Å². The lowest BCUT2D eigenvalue weighted by Gasteiger charge is -2.37. The van der Waals surface area contributed by atoms with E-state index in [9.17, 15) is 0 Å². The van der Waals surface area contributed by atoms with Gasteiger partial charge in [-0.15, -0.1) is 0 Å². The summed E-state index contributed by atoms with van der Waals surface area (Å²) in [6.07, 6.45) is 4.17. The molecule has 1 aliphatic heterocycles. The summed E-state index contributed by atoms with van der Waals surface area (Å²) >= 11 is 0. The van der Waals surface area contributed by atoms with E-state index >= 15 is 0 Å². The van der Waals surface area contributed by atoms with Crippen molar-refractivity contribution in [3.8, 4) is 0 Å². The molecule has 0 aromatic carbocycles. The molecule has 0 spiro atoms. The highest BCUT2D eigenvalue weighted by Crippen LogP contribution is 2.18. The molecule has 0 atom stereocenters. The molecule has 2 rings (SSSR count). The van der Waals surface area contributed by atoms with Crippen LogP contribution in [0.2, 0.25) is 0 Å². The minimum Gasteiger partial charge on any atom is -0.314 e. The molecule has 0 unspecified atom stereocenters. The summed E-state index contributed by atoms with van der Waals surface area (Å²) in [6, 6.07) is 0.889. The van der Waals surface area contributed by atoms with Gasteiger partial charge in [-0.2, -0.15) is 0 Å². The summed E-state index contributed by atoms with van der Waals surface area (Å²) in [6.45, 7) is 7.55. The molecule has 0 radical (unpaired) electrons. The van der Waals surface area contributed by atoms with E-state index in [0.717, 1.165) is 12.0 Å². The van der Waals surface area contributed by atoms with Crippen LogP contribution in [-0.4, -0.2) is 37.1 Å². The van der Waals surface area contributed by atoms with Crippen molar-refractivity contribution >= 4 is 0 Å². The van der Waals surface area contributed by atoms with Crippen LogP contribution in [0.25, 0.3) is 0 Å². The smallest absolute Gasteiger partial charge is 0.00682 e. The summed E-state index contributed by atoms with van der Waals surface area (Å²) in [5.74, 6) is 0.960. The SMILES string of the molecule is CC1CN(CCCNC2CC2)C1. The van der Waals surface area contributed by atoms with Gasteiger partial charge >= 0.3 is 0 Å². The van der Waals surface area contributed by atoms with Gasteiger partial charge in [-0.3, -0.25) is 0 Å². The lowest BCUT2D eigenvalue weighted by Crippen LogP contribution is -2.45. The van der Waals surface area contributed by atoms with Crippen LogP contribution in [0.4, 0.5) is 0 Å². The molecule has 1 N–H and O–H groups in total. The number of nitrogens with one attached hydrogen (secondary N) is 1. The molecular formula is C10H20N2. The van der Waals surface area contributed by atoms with Crippen LogP contribution in [0.3, 0.4) is 0 Å². The minimum absolute atomic E-state index is 0.889. The van der Waals surface area contributed by atoms with Gasteiger partial charge < -0.3 is 10.2 Å². The minimum atomic E-state index is 0.889. The first-order chi connectivity index (χ1) is 5.84. The molecule has 1 heterocycles. The highest BCUT2D eigenvalue weighted by atomic mass is 15.2. The van der Waals surface area contributed by atoms with E-state index in [1.807, 2.05) is 0 Å². The van der Waals surface area contributed by atoms with E-state index in [4.69, 9.17) is 0 Å². The standard InChI is InChI=1S/C10H20N2/c1-9-7-12(8-9)6-2-5-11-10-3-4-10/h9-11H,2-8H2,1H3. The average Bonchev–Trinajstić information content (AvgIpc) is 2.77. The van der Waals surface area contributed by atoms with E-state index in [0.29, 0.717) is 0 Å². The Morgan fingerprint density at radius 3 is 2.67 bits per heavy atom. The molecule has 0 aromatic heterocycles. The van der Waals surface area contributed by atoms with Gasteiger partial charge in [0.15, 0.2) is 0 Å². The lowest BCUT2D eigenvalue weighted by atomic mass is 10.0. The van der Waals surface area contributed by atoms with Crippen molar-refractivity contribution in [1.82, 2.24) is 10.2 Å². The molecule has 0 amide bonds. The quantitative estimate of drug-likeness (QED) is 0.618. The maximum Gasteiger partial charge on any atom is 0.00682 e. The molecular weight excluding hydrogens is 148 g/mol. The number of hydrogen-bond acceptors (Lipinski definition) is 2. The maximum absolute atomic E-state index is 3.54. The van der Waals surface area contributed by atoms with Crippen LogP contribution in [0.5, 0.6) is 0 Å². The Balaban J connectivity index is 1.41. The lowest BCUT2D eigenvalue weighted by molar-refractivity contribution is 0.112. The predicted molar refractivity (Wildman–Crippen MR) is 51.2 cm³/mol. The molecule has 70 valence electrons.